The summed E-state index contributed by atoms with van der Waals surface area (Å²) in [6.45, 7) is 0.334. The highest BCUT2D eigenvalue weighted by molar-refractivity contribution is 5.74. The van der Waals surface area contributed by atoms with Crippen molar-refractivity contribution in [2.45, 2.75) is 19.1 Å². The predicted octanol–water partition coefficient (Wildman–Crippen LogP) is -1.22. The van der Waals surface area contributed by atoms with Gasteiger partial charge < -0.3 is 20.4 Å². The normalized spacial score (nSPS) is 11.9. The molecule has 0 aliphatic rings. The van der Waals surface area contributed by atoms with E-state index < -0.39 is 12.1 Å². The third-order valence-corrected chi connectivity index (χ3v) is 2.18. The molecule has 0 bridgehead atoms. The minimum absolute atomic E-state index is 0.0444. The van der Waals surface area contributed by atoms with E-state index in [1.54, 1.807) is 7.05 Å². The molecule has 9 nitrogen and oxygen atoms in total. The molecule has 2 amide bonds. The van der Waals surface area contributed by atoms with Crippen LogP contribution < -0.4 is 5.32 Å². The number of nitrogens with one attached hydrogen (secondary N) is 2. The van der Waals surface area contributed by atoms with E-state index in [0.29, 0.717) is 5.82 Å². The van der Waals surface area contributed by atoms with Gasteiger partial charge >= 0.3 is 12.0 Å². The van der Waals surface area contributed by atoms with E-state index in [0.717, 1.165) is 0 Å². The molecule has 1 aromatic heterocycles. The van der Waals surface area contributed by atoms with Gasteiger partial charge in [0.25, 0.3) is 0 Å². The lowest BCUT2D eigenvalue weighted by Gasteiger charge is -2.16. The molecule has 0 spiro atoms. The standard InChI is InChI=1S/C9H15N5O4/c1-14(4-7-11-5-12-13-7)9(18)10-3-2-6(15)8(16)17/h5-6,15H,2-4H2,1H3,(H,10,18)(H,16,17)(H,11,12,13). The molecule has 0 radical (unpaired) electrons. The maximum Gasteiger partial charge on any atom is 0.332 e. The monoisotopic (exact) mass is 257 g/mol. The van der Waals surface area contributed by atoms with E-state index in [-0.39, 0.29) is 25.5 Å². The van der Waals surface area contributed by atoms with Crippen LogP contribution in [0.4, 0.5) is 4.79 Å². The van der Waals surface area contributed by atoms with Gasteiger partial charge in [0.1, 0.15) is 12.2 Å². The van der Waals surface area contributed by atoms with Crippen LogP contribution in [0, 0.1) is 0 Å². The lowest BCUT2D eigenvalue weighted by Crippen LogP contribution is -2.39. The van der Waals surface area contributed by atoms with Gasteiger partial charge in [0.05, 0.1) is 6.54 Å². The highest BCUT2D eigenvalue weighted by Crippen LogP contribution is 1.95. The number of aliphatic hydroxyl groups excluding tert-OH is 1. The summed E-state index contributed by atoms with van der Waals surface area (Å²) < 4.78 is 0. The number of aliphatic hydroxyl groups is 1. The van der Waals surface area contributed by atoms with Gasteiger partial charge in [0.15, 0.2) is 6.10 Å². The Balaban J connectivity index is 2.26. The molecule has 0 saturated carbocycles. The molecule has 0 saturated heterocycles. The van der Waals surface area contributed by atoms with Crippen molar-refractivity contribution in [1.29, 1.82) is 0 Å². The topological polar surface area (TPSA) is 131 Å². The molecule has 4 N–H and O–H groups in total. The van der Waals surface area contributed by atoms with Crippen LogP contribution in [0.3, 0.4) is 0 Å². The van der Waals surface area contributed by atoms with Crippen LogP contribution in [0.5, 0.6) is 0 Å². The first-order chi connectivity index (χ1) is 8.50. The van der Waals surface area contributed by atoms with Gasteiger partial charge in [0.2, 0.25) is 0 Å². The highest BCUT2D eigenvalue weighted by atomic mass is 16.4. The van der Waals surface area contributed by atoms with E-state index >= 15 is 0 Å². The van der Waals surface area contributed by atoms with Gasteiger partial charge in [-0.15, -0.1) is 0 Å². The first-order valence-corrected chi connectivity index (χ1v) is 5.24. The number of carboxylic acid groups (broad SMARTS) is 1. The van der Waals surface area contributed by atoms with Crippen molar-refractivity contribution in [3.63, 3.8) is 0 Å². The average Bonchev–Trinajstić information content (AvgIpc) is 2.81. The van der Waals surface area contributed by atoms with Gasteiger partial charge in [-0.05, 0) is 0 Å². The van der Waals surface area contributed by atoms with Crippen LogP contribution >= 0.6 is 0 Å². The minimum Gasteiger partial charge on any atom is -0.479 e. The summed E-state index contributed by atoms with van der Waals surface area (Å²) in [4.78, 5) is 27.1. The fourth-order valence-corrected chi connectivity index (χ4v) is 1.18. The third-order valence-electron chi connectivity index (χ3n) is 2.18. The number of carbonyl (C=O) groups excluding carboxylic acids is 1. The lowest BCUT2D eigenvalue weighted by atomic mass is 10.2. The molecule has 0 aromatic carbocycles. The molecular weight excluding hydrogens is 242 g/mol. The van der Waals surface area contributed by atoms with Crippen molar-refractivity contribution in [2.75, 3.05) is 13.6 Å². The summed E-state index contributed by atoms with van der Waals surface area (Å²) in [6, 6.07) is -0.385. The molecule has 1 heterocycles. The quantitative estimate of drug-likeness (QED) is 0.505. The number of H-pyrrole nitrogens is 1. The summed E-state index contributed by atoms with van der Waals surface area (Å²) in [5.74, 6) is -0.766. The Kier molecular flexibility index (Phi) is 5.06. The Bertz CT molecular complexity index is 394. The van der Waals surface area contributed by atoms with Gasteiger partial charge in [-0.1, -0.05) is 0 Å². The number of urea groups is 1. The molecule has 9 heteroatoms. The van der Waals surface area contributed by atoms with Crippen LogP contribution in [0.2, 0.25) is 0 Å². The number of aromatic amines is 1. The highest BCUT2D eigenvalue weighted by Gasteiger charge is 2.14. The summed E-state index contributed by atoms with van der Waals surface area (Å²) in [5.41, 5.74) is 0. The fraction of sp³-hybridized carbons (Fsp3) is 0.556. The van der Waals surface area contributed by atoms with Gasteiger partial charge in [0, 0.05) is 20.0 Å². The number of rotatable bonds is 6. The van der Waals surface area contributed by atoms with Crippen molar-refractivity contribution in [3.8, 4) is 0 Å². The Morgan fingerprint density at radius 2 is 2.33 bits per heavy atom. The van der Waals surface area contributed by atoms with Crippen molar-refractivity contribution in [3.05, 3.63) is 12.2 Å². The van der Waals surface area contributed by atoms with Gasteiger partial charge in [-0.3, -0.25) is 5.10 Å². The smallest absolute Gasteiger partial charge is 0.332 e. The number of aliphatic carboxylic acids is 1. The number of hydrogen-bond donors (Lipinski definition) is 4. The van der Waals surface area contributed by atoms with Crippen LogP contribution in [0.15, 0.2) is 6.33 Å². The van der Waals surface area contributed by atoms with E-state index in [1.807, 2.05) is 0 Å². The Morgan fingerprint density at radius 1 is 1.61 bits per heavy atom. The molecule has 1 atom stereocenters. The number of carboxylic acids is 1. The third kappa shape index (κ3) is 4.37. The second-order valence-electron chi connectivity index (χ2n) is 3.66. The molecule has 0 fully saturated rings. The van der Waals surface area contributed by atoms with E-state index in [2.05, 4.69) is 20.5 Å². The predicted molar refractivity (Wildman–Crippen MR) is 59.5 cm³/mol. The minimum atomic E-state index is -1.47. The van der Waals surface area contributed by atoms with Crippen LogP contribution in [-0.4, -0.2) is 62.0 Å². The van der Waals surface area contributed by atoms with Crippen LogP contribution in [-0.2, 0) is 11.3 Å². The van der Waals surface area contributed by atoms with E-state index in [1.165, 1.54) is 11.2 Å². The average molecular weight is 257 g/mol. The van der Waals surface area contributed by atoms with E-state index in [4.69, 9.17) is 10.2 Å². The van der Waals surface area contributed by atoms with Gasteiger partial charge in [-0.2, -0.15) is 5.10 Å². The first kappa shape index (κ1) is 13.9. The number of nitrogens with zero attached hydrogens (tertiary/aromatic N) is 3. The number of amides is 2. The second-order valence-corrected chi connectivity index (χ2v) is 3.66. The fourth-order valence-electron chi connectivity index (χ4n) is 1.18. The summed E-state index contributed by atoms with van der Waals surface area (Å²) in [5, 5.41) is 26.2. The van der Waals surface area contributed by atoms with Crippen molar-refractivity contribution >= 4 is 12.0 Å². The summed E-state index contributed by atoms with van der Waals surface area (Å²) >= 11 is 0. The van der Waals surface area contributed by atoms with Crippen molar-refractivity contribution in [2.24, 2.45) is 0 Å². The van der Waals surface area contributed by atoms with E-state index in [9.17, 15) is 9.59 Å². The molecule has 100 valence electrons. The molecule has 1 aromatic rings. The molecular formula is C9H15N5O4. The Morgan fingerprint density at radius 3 is 2.89 bits per heavy atom. The van der Waals surface area contributed by atoms with Crippen LogP contribution in [0.25, 0.3) is 0 Å². The zero-order chi connectivity index (χ0) is 13.5. The maximum atomic E-state index is 11.5. The molecule has 1 rings (SSSR count). The Hall–Kier alpha value is -2.16. The van der Waals surface area contributed by atoms with Crippen LogP contribution in [0.1, 0.15) is 12.2 Å². The van der Waals surface area contributed by atoms with Crippen molar-refractivity contribution in [1.82, 2.24) is 25.4 Å². The zero-order valence-electron chi connectivity index (χ0n) is 9.83. The first-order valence-electron chi connectivity index (χ1n) is 5.24. The largest absolute Gasteiger partial charge is 0.479 e. The van der Waals surface area contributed by atoms with Crippen molar-refractivity contribution < 1.29 is 19.8 Å². The zero-order valence-corrected chi connectivity index (χ0v) is 9.83. The number of carbonyl (C=O) groups is 2. The molecule has 1 unspecified atom stereocenters. The lowest BCUT2D eigenvalue weighted by molar-refractivity contribution is -0.146. The Labute approximate surface area is 103 Å². The maximum absolute atomic E-state index is 11.5. The molecule has 0 aliphatic carbocycles. The molecule has 18 heavy (non-hydrogen) atoms. The number of hydrogen-bond acceptors (Lipinski definition) is 5. The molecule has 0 aliphatic heterocycles. The summed E-state index contributed by atoms with van der Waals surface area (Å²) in [6.07, 6.45) is -0.175. The number of aromatic nitrogens is 3. The van der Waals surface area contributed by atoms with Gasteiger partial charge in [-0.25, -0.2) is 14.6 Å². The second kappa shape index (κ2) is 6.55. The SMILES string of the molecule is CN(Cc1ncn[nH]1)C(=O)NCCC(O)C(=O)O. The summed E-state index contributed by atoms with van der Waals surface area (Å²) in [7, 11) is 1.56.